The van der Waals surface area contributed by atoms with Crippen LogP contribution in [0.15, 0.2) is 18.3 Å². The van der Waals surface area contributed by atoms with E-state index in [0.29, 0.717) is 17.4 Å². The molecule has 21 heavy (non-hydrogen) atoms. The van der Waals surface area contributed by atoms with Crippen LogP contribution in [0.4, 0.5) is 5.82 Å². The van der Waals surface area contributed by atoms with Crippen LogP contribution in [0.1, 0.15) is 30.1 Å². The molecule has 2 rings (SSSR count). The zero-order valence-corrected chi connectivity index (χ0v) is 12.7. The summed E-state index contributed by atoms with van der Waals surface area (Å²) in [6.45, 7) is 2.93. The van der Waals surface area contributed by atoms with Crippen molar-refractivity contribution < 1.29 is 9.59 Å². The molecule has 6 nitrogen and oxygen atoms in total. The van der Waals surface area contributed by atoms with Gasteiger partial charge in [0.1, 0.15) is 5.82 Å². The number of carbonyl (C=O) groups excluding carboxylic acids is 2. The van der Waals surface area contributed by atoms with Crippen molar-refractivity contribution >= 4 is 17.6 Å². The predicted octanol–water partition coefficient (Wildman–Crippen LogP) is 1.11. The molecule has 2 heterocycles. The van der Waals surface area contributed by atoms with Crippen LogP contribution in [0.3, 0.4) is 0 Å². The van der Waals surface area contributed by atoms with Gasteiger partial charge in [0, 0.05) is 37.8 Å². The summed E-state index contributed by atoms with van der Waals surface area (Å²) in [5, 5.41) is 6.14. The molecule has 1 saturated heterocycles. The molecule has 1 aromatic rings. The number of nitrogens with zero attached hydrogens (tertiary/aromatic N) is 2. The van der Waals surface area contributed by atoms with Crippen molar-refractivity contribution in [1.82, 2.24) is 15.2 Å². The fourth-order valence-electron chi connectivity index (χ4n) is 2.49. The maximum absolute atomic E-state index is 12.3. The summed E-state index contributed by atoms with van der Waals surface area (Å²) in [4.78, 5) is 29.8. The average Bonchev–Trinajstić information content (AvgIpc) is 2.46. The molecular formula is C15H22N4O2. The van der Waals surface area contributed by atoms with E-state index in [4.69, 9.17) is 0 Å². The Kier molecular flexibility index (Phi) is 4.90. The zero-order chi connectivity index (χ0) is 15.4. The summed E-state index contributed by atoms with van der Waals surface area (Å²) < 4.78 is 0. The minimum atomic E-state index is -0.108. The topological polar surface area (TPSA) is 74.3 Å². The van der Waals surface area contributed by atoms with Gasteiger partial charge in [0.2, 0.25) is 5.91 Å². The highest BCUT2D eigenvalue weighted by molar-refractivity contribution is 5.96. The summed E-state index contributed by atoms with van der Waals surface area (Å²) in [7, 11) is 3.38. The number of amides is 2. The molecule has 2 amide bonds. The van der Waals surface area contributed by atoms with Gasteiger partial charge in [-0.3, -0.25) is 9.59 Å². The van der Waals surface area contributed by atoms with Gasteiger partial charge in [-0.1, -0.05) is 0 Å². The lowest BCUT2D eigenvalue weighted by atomic mass is 9.92. The monoisotopic (exact) mass is 290 g/mol. The molecule has 2 N–H and O–H groups in total. The molecule has 0 aromatic carbocycles. The molecule has 1 fully saturated rings. The molecule has 1 aromatic heterocycles. The lowest BCUT2D eigenvalue weighted by Gasteiger charge is -2.26. The van der Waals surface area contributed by atoms with Gasteiger partial charge in [0.05, 0.1) is 0 Å². The van der Waals surface area contributed by atoms with Gasteiger partial charge < -0.3 is 15.5 Å². The standard InChI is InChI=1S/C15H22N4O2/c1-10-8-11(4-6-16-10)14(20)18-13-9-12(5-7-17-13)15(21)19(2)3/h5,7,9-11,16H,4,6,8H2,1-3H3,(H,17,18,20)/t10-,11-/m0/s1. The largest absolute Gasteiger partial charge is 0.345 e. The average molecular weight is 290 g/mol. The highest BCUT2D eigenvalue weighted by atomic mass is 16.2. The van der Waals surface area contributed by atoms with Gasteiger partial charge in [-0.2, -0.15) is 0 Å². The molecule has 2 atom stereocenters. The lowest BCUT2D eigenvalue weighted by molar-refractivity contribution is -0.120. The highest BCUT2D eigenvalue weighted by Gasteiger charge is 2.25. The van der Waals surface area contributed by atoms with E-state index in [1.165, 1.54) is 11.1 Å². The first-order valence-electron chi connectivity index (χ1n) is 7.19. The Balaban J connectivity index is 2.04. The Hall–Kier alpha value is -1.95. The fourth-order valence-corrected chi connectivity index (χ4v) is 2.49. The molecule has 0 spiro atoms. The molecule has 0 radical (unpaired) electrons. The smallest absolute Gasteiger partial charge is 0.253 e. The van der Waals surface area contributed by atoms with Crippen LogP contribution in [-0.4, -0.2) is 48.4 Å². The quantitative estimate of drug-likeness (QED) is 0.874. The van der Waals surface area contributed by atoms with Crippen molar-refractivity contribution in [1.29, 1.82) is 0 Å². The molecule has 0 saturated carbocycles. The normalized spacial score (nSPS) is 21.7. The number of aromatic nitrogens is 1. The van der Waals surface area contributed by atoms with E-state index in [9.17, 15) is 9.59 Å². The maximum Gasteiger partial charge on any atom is 0.253 e. The first-order valence-corrected chi connectivity index (χ1v) is 7.19. The molecule has 114 valence electrons. The van der Waals surface area contributed by atoms with Crippen LogP contribution in [0.5, 0.6) is 0 Å². The number of carbonyl (C=O) groups is 2. The Morgan fingerprint density at radius 3 is 2.86 bits per heavy atom. The van der Waals surface area contributed by atoms with Crippen molar-refractivity contribution in [3.05, 3.63) is 23.9 Å². The fraction of sp³-hybridized carbons (Fsp3) is 0.533. The number of pyridine rings is 1. The van der Waals surface area contributed by atoms with Gasteiger partial charge in [0.25, 0.3) is 5.91 Å². The second-order valence-corrected chi connectivity index (χ2v) is 5.70. The number of hydrogen-bond donors (Lipinski definition) is 2. The van der Waals surface area contributed by atoms with Crippen LogP contribution in [-0.2, 0) is 4.79 Å². The van der Waals surface area contributed by atoms with E-state index in [0.717, 1.165) is 19.4 Å². The second kappa shape index (κ2) is 6.67. The Morgan fingerprint density at radius 2 is 2.19 bits per heavy atom. The molecule has 1 aliphatic rings. The van der Waals surface area contributed by atoms with Gasteiger partial charge in [-0.15, -0.1) is 0 Å². The Morgan fingerprint density at radius 1 is 1.43 bits per heavy atom. The third kappa shape index (κ3) is 4.01. The van der Waals surface area contributed by atoms with Gasteiger partial charge >= 0.3 is 0 Å². The van der Waals surface area contributed by atoms with Crippen LogP contribution >= 0.6 is 0 Å². The summed E-state index contributed by atoms with van der Waals surface area (Å²) in [5.41, 5.74) is 0.518. The minimum Gasteiger partial charge on any atom is -0.345 e. The Labute approximate surface area is 124 Å². The van der Waals surface area contributed by atoms with Gasteiger partial charge in [-0.25, -0.2) is 4.98 Å². The van der Waals surface area contributed by atoms with Crippen molar-refractivity contribution in [3.8, 4) is 0 Å². The second-order valence-electron chi connectivity index (χ2n) is 5.70. The van der Waals surface area contributed by atoms with E-state index >= 15 is 0 Å². The van der Waals surface area contributed by atoms with Crippen LogP contribution in [0.25, 0.3) is 0 Å². The highest BCUT2D eigenvalue weighted by Crippen LogP contribution is 2.18. The molecule has 6 heteroatoms. The number of hydrogen-bond acceptors (Lipinski definition) is 4. The molecular weight excluding hydrogens is 268 g/mol. The number of anilines is 1. The van der Waals surface area contributed by atoms with Gasteiger partial charge in [-0.05, 0) is 38.4 Å². The van der Waals surface area contributed by atoms with E-state index in [1.54, 1.807) is 26.2 Å². The summed E-state index contributed by atoms with van der Waals surface area (Å²) in [6.07, 6.45) is 3.19. The number of piperidine rings is 1. The van der Waals surface area contributed by atoms with E-state index < -0.39 is 0 Å². The van der Waals surface area contributed by atoms with Crippen LogP contribution in [0.2, 0.25) is 0 Å². The SMILES string of the molecule is C[C@H]1C[C@@H](C(=O)Nc2cc(C(=O)N(C)C)ccn2)CCN1. The van der Waals surface area contributed by atoms with Crippen molar-refractivity contribution in [3.63, 3.8) is 0 Å². The van der Waals surface area contributed by atoms with Gasteiger partial charge in [0.15, 0.2) is 0 Å². The summed E-state index contributed by atoms with van der Waals surface area (Å²) in [5.74, 6) is 0.295. The summed E-state index contributed by atoms with van der Waals surface area (Å²) in [6, 6.07) is 3.61. The third-order valence-corrected chi connectivity index (χ3v) is 3.66. The Bertz CT molecular complexity index is 530. The predicted molar refractivity (Wildman–Crippen MR) is 81.1 cm³/mol. The maximum atomic E-state index is 12.3. The molecule has 0 bridgehead atoms. The molecule has 0 aliphatic carbocycles. The number of rotatable bonds is 3. The summed E-state index contributed by atoms with van der Waals surface area (Å²) >= 11 is 0. The first kappa shape index (κ1) is 15.4. The molecule has 0 unspecified atom stereocenters. The lowest BCUT2D eigenvalue weighted by Crippen LogP contribution is -2.40. The molecule has 1 aliphatic heterocycles. The minimum absolute atomic E-state index is 0.00347. The first-order chi connectivity index (χ1) is 9.97. The third-order valence-electron chi connectivity index (χ3n) is 3.66. The van der Waals surface area contributed by atoms with Crippen LogP contribution < -0.4 is 10.6 Å². The van der Waals surface area contributed by atoms with E-state index in [1.807, 2.05) is 0 Å². The van der Waals surface area contributed by atoms with E-state index in [2.05, 4.69) is 22.5 Å². The van der Waals surface area contributed by atoms with E-state index in [-0.39, 0.29) is 17.7 Å². The zero-order valence-electron chi connectivity index (χ0n) is 12.7. The van der Waals surface area contributed by atoms with Crippen LogP contribution in [0, 0.1) is 5.92 Å². The van der Waals surface area contributed by atoms with Crippen molar-refractivity contribution in [2.75, 3.05) is 26.0 Å². The van der Waals surface area contributed by atoms with Crippen molar-refractivity contribution in [2.24, 2.45) is 5.92 Å². The number of nitrogens with one attached hydrogen (secondary N) is 2. The van der Waals surface area contributed by atoms with Crippen molar-refractivity contribution in [2.45, 2.75) is 25.8 Å².